The number of thiophene rings is 2. The highest BCUT2D eigenvalue weighted by Crippen LogP contribution is 2.48. The normalized spacial score (nSPS) is 18.3. The van der Waals surface area contributed by atoms with Gasteiger partial charge in [0.05, 0.1) is 18.9 Å². The number of fused-ring (bicyclic) bond motifs is 2. The number of morpholine rings is 1. The van der Waals surface area contributed by atoms with Crippen LogP contribution in [0.4, 0.5) is 5.69 Å². The van der Waals surface area contributed by atoms with Crippen molar-refractivity contribution in [3.05, 3.63) is 33.6 Å². The lowest BCUT2D eigenvalue weighted by molar-refractivity contribution is -0.121. The topological polar surface area (TPSA) is 124 Å². The van der Waals surface area contributed by atoms with Crippen LogP contribution in [0.5, 0.6) is 0 Å². The van der Waals surface area contributed by atoms with E-state index in [2.05, 4.69) is 16.3 Å². The van der Waals surface area contributed by atoms with Crippen molar-refractivity contribution in [1.29, 1.82) is 0 Å². The summed E-state index contributed by atoms with van der Waals surface area (Å²) in [4.78, 5) is 34.1. The number of hydrogen-bond acceptors (Lipinski definition) is 8. The van der Waals surface area contributed by atoms with E-state index in [1.165, 1.54) is 11.3 Å². The summed E-state index contributed by atoms with van der Waals surface area (Å²) in [6.07, 6.45) is 3.05. The minimum atomic E-state index is -0.536. The van der Waals surface area contributed by atoms with Gasteiger partial charge in [-0.05, 0) is 42.8 Å². The van der Waals surface area contributed by atoms with Crippen LogP contribution in [0.2, 0.25) is 0 Å². The molecule has 2 aliphatic rings. The lowest BCUT2D eigenvalue weighted by Crippen LogP contribution is -2.38. The average molecular weight is 500 g/mol. The number of carbonyl (C=O) groups excluding carboxylic acids is 2. The van der Waals surface area contributed by atoms with Crippen LogP contribution >= 0.6 is 22.7 Å². The Balaban J connectivity index is 1.33. The van der Waals surface area contributed by atoms with Crippen LogP contribution in [0, 0.1) is 0 Å². The van der Waals surface area contributed by atoms with E-state index in [0.29, 0.717) is 28.4 Å². The van der Waals surface area contributed by atoms with Crippen molar-refractivity contribution >= 4 is 50.4 Å². The molecule has 1 atom stereocenters. The first-order valence-corrected chi connectivity index (χ1v) is 13.4. The van der Waals surface area contributed by atoms with Crippen LogP contribution in [-0.4, -0.2) is 61.1 Å². The van der Waals surface area contributed by atoms with E-state index in [4.69, 9.17) is 21.2 Å². The van der Waals surface area contributed by atoms with Gasteiger partial charge in [-0.15, -0.1) is 22.7 Å². The zero-order valence-electron chi connectivity index (χ0n) is 19.0. The molecule has 10 heteroatoms. The number of pyridine rings is 1. The standard InChI is InChI=1S/C24H29N5O3S2/c25-20-19-18(16-3-1-12-33-16)15-5-4-14(21(15)28-24(19)34-22(20)23(26)31)13-17(30)27-6-2-7-29-8-10-32-11-9-29/h1,3,12,14H,2,4-11,13,25H2,(H2,26,31)(H,27,30). The first-order valence-electron chi connectivity index (χ1n) is 11.7. The van der Waals surface area contributed by atoms with E-state index < -0.39 is 5.91 Å². The third-order valence-corrected chi connectivity index (χ3v) is 8.64. The Morgan fingerprint density at radius 1 is 1.29 bits per heavy atom. The highest BCUT2D eigenvalue weighted by molar-refractivity contribution is 7.21. The number of ether oxygens (including phenoxy) is 1. The summed E-state index contributed by atoms with van der Waals surface area (Å²) in [5.74, 6) is -0.425. The van der Waals surface area contributed by atoms with Crippen LogP contribution in [0.25, 0.3) is 20.7 Å². The van der Waals surface area contributed by atoms with Gasteiger partial charge in [0.25, 0.3) is 5.91 Å². The first kappa shape index (κ1) is 23.2. The van der Waals surface area contributed by atoms with Crippen molar-refractivity contribution < 1.29 is 14.3 Å². The number of nitrogen functional groups attached to an aromatic ring is 1. The molecule has 1 aliphatic carbocycles. The molecule has 5 rings (SSSR count). The molecule has 0 aromatic carbocycles. The zero-order chi connectivity index (χ0) is 23.7. The third-order valence-electron chi connectivity index (χ3n) is 6.64. The van der Waals surface area contributed by atoms with E-state index in [1.807, 2.05) is 11.4 Å². The molecular formula is C24H29N5O3S2. The van der Waals surface area contributed by atoms with E-state index >= 15 is 0 Å². The maximum atomic E-state index is 12.7. The molecule has 5 N–H and O–H groups in total. The molecule has 1 fully saturated rings. The monoisotopic (exact) mass is 499 g/mol. The van der Waals surface area contributed by atoms with Gasteiger partial charge in [-0.1, -0.05) is 6.07 Å². The van der Waals surface area contributed by atoms with E-state index in [0.717, 1.165) is 79.2 Å². The van der Waals surface area contributed by atoms with Crippen LogP contribution in [0.15, 0.2) is 17.5 Å². The van der Waals surface area contributed by atoms with Crippen molar-refractivity contribution in [2.24, 2.45) is 5.73 Å². The summed E-state index contributed by atoms with van der Waals surface area (Å²) in [6.45, 7) is 5.15. The number of amides is 2. The highest BCUT2D eigenvalue weighted by Gasteiger charge is 2.32. The van der Waals surface area contributed by atoms with Crippen molar-refractivity contribution in [1.82, 2.24) is 15.2 Å². The molecule has 180 valence electrons. The second-order valence-corrected chi connectivity index (χ2v) is 10.8. The van der Waals surface area contributed by atoms with Gasteiger partial charge in [-0.2, -0.15) is 0 Å². The number of primary amides is 1. The fourth-order valence-electron chi connectivity index (χ4n) is 4.98. The number of nitrogens with one attached hydrogen (secondary N) is 1. The van der Waals surface area contributed by atoms with E-state index in [9.17, 15) is 9.59 Å². The molecule has 3 aromatic heterocycles. The number of hydrogen-bond donors (Lipinski definition) is 3. The predicted molar refractivity (Wildman–Crippen MR) is 136 cm³/mol. The Kier molecular flexibility index (Phi) is 6.82. The van der Waals surface area contributed by atoms with Crippen molar-refractivity contribution in [2.45, 2.75) is 31.6 Å². The Hall–Kier alpha value is -2.53. The number of aromatic nitrogens is 1. The largest absolute Gasteiger partial charge is 0.397 e. The van der Waals surface area contributed by atoms with Crippen LogP contribution < -0.4 is 16.8 Å². The van der Waals surface area contributed by atoms with Gasteiger partial charge < -0.3 is 21.5 Å². The van der Waals surface area contributed by atoms with E-state index in [-0.39, 0.29) is 11.8 Å². The molecule has 0 spiro atoms. The lowest BCUT2D eigenvalue weighted by atomic mass is 9.98. The molecule has 0 radical (unpaired) electrons. The van der Waals surface area contributed by atoms with Crippen LogP contribution in [0.3, 0.4) is 0 Å². The summed E-state index contributed by atoms with van der Waals surface area (Å²) in [5.41, 5.74) is 15.5. The van der Waals surface area contributed by atoms with Gasteiger partial charge in [-0.3, -0.25) is 14.5 Å². The maximum Gasteiger partial charge on any atom is 0.260 e. The van der Waals surface area contributed by atoms with Crippen molar-refractivity contribution in [2.75, 3.05) is 45.1 Å². The SMILES string of the molecule is NC(=O)c1sc2nc3c(c(-c4cccs4)c2c1N)CCC3CC(=O)NCCCN1CCOCC1. The molecule has 1 unspecified atom stereocenters. The van der Waals surface area contributed by atoms with Gasteiger partial charge in [0, 0.05) is 53.5 Å². The Bertz CT molecular complexity index is 1200. The average Bonchev–Trinajstić information content (AvgIpc) is 3.57. The fourth-order valence-corrected chi connectivity index (χ4v) is 6.75. The second kappa shape index (κ2) is 9.99. The number of nitrogens with two attached hydrogens (primary N) is 2. The number of carbonyl (C=O) groups is 2. The zero-order valence-corrected chi connectivity index (χ0v) is 20.6. The van der Waals surface area contributed by atoms with Crippen molar-refractivity contribution in [3.8, 4) is 10.4 Å². The molecule has 3 aromatic rings. The lowest BCUT2D eigenvalue weighted by Gasteiger charge is -2.26. The summed E-state index contributed by atoms with van der Waals surface area (Å²) < 4.78 is 5.38. The van der Waals surface area contributed by atoms with E-state index in [1.54, 1.807) is 11.3 Å². The summed E-state index contributed by atoms with van der Waals surface area (Å²) in [5, 5.41) is 5.93. The number of anilines is 1. The smallest absolute Gasteiger partial charge is 0.260 e. The Morgan fingerprint density at radius 3 is 2.85 bits per heavy atom. The third kappa shape index (κ3) is 4.55. The Labute approximate surface area is 206 Å². The molecular weight excluding hydrogens is 470 g/mol. The number of rotatable bonds is 8. The van der Waals surface area contributed by atoms with Gasteiger partial charge >= 0.3 is 0 Å². The molecule has 8 nitrogen and oxygen atoms in total. The molecule has 34 heavy (non-hydrogen) atoms. The molecule has 0 bridgehead atoms. The van der Waals surface area contributed by atoms with Gasteiger partial charge in [0.2, 0.25) is 5.91 Å². The quantitative estimate of drug-likeness (QED) is 0.410. The highest BCUT2D eigenvalue weighted by atomic mass is 32.1. The second-order valence-electron chi connectivity index (χ2n) is 8.81. The van der Waals surface area contributed by atoms with Crippen molar-refractivity contribution in [3.63, 3.8) is 0 Å². The van der Waals surface area contributed by atoms with Crippen LogP contribution in [0.1, 0.15) is 46.1 Å². The van der Waals surface area contributed by atoms with Crippen LogP contribution in [-0.2, 0) is 16.0 Å². The molecule has 1 aliphatic heterocycles. The Morgan fingerprint density at radius 2 is 2.12 bits per heavy atom. The van der Waals surface area contributed by atoms with Gasteiger partial charge in [-0.25, -0.2) is 4.98 Å². The molecule has 2 amide bonds. The fraction of sp³-hybridized carbons (Fsp3) is 0.458. The molecule has 4 heterocycles. The minimum absolute atomic E-state index is 0.0534. The summed E-state index contributed by atoms with van der Waals surface area (Å²) >= 11 is 2.88. The van der Waals surface area contributed by atoms with Gasteiger partial charge in [0.1, 0.15) is 9.71 Å². The molecule has 0 saturated carbocycles. The summed E-state index contributed by atoms with van der Waals surface area (Å²) in [6, 6.07) is 4.07. The predicted octanol–water partition coefficient (Wildman–Crippen LogP) is 2.96. The van der Waals surface area contributed by atoms with Gasteiger partial charge in [0.15, 0.2) is 0 Å². The first-order chi connectivity index (χ1) is 16.5. The molecule has 1 saturated heterocycles. The summed E-state index contributed by atoms with van der Waals surface area (Å²) in [7, 11) is 0. The number of nitrogens with zero attached hydrogens (tertiary/aromatic N) is 2. The minimum Gasteiger partial charge on any atom is -0.397 e. The maximum absolute atomic E-state index is 12.7.